The van der Waals surface area contributed by atoms with Gasteiger partial charge < -0.3 is 10.6 Å². The van der Waals surface area contributed by atoms with E-state index in [1.807, 2.05) is 4.90 Å². The highest BCUT2D eigenvalue weighted by atomic mass is 16.2. The highest BCUT2D eigenvalue weighted by Crippen LogP contribution is 2.33. The summed E-state index contributed by atoms with van der Waals surface area (Å²) in [6.45, 7) is 5.55. The highest BCUT2D eigenvalue weighted by molar-refractivity contribution is 5.77. The van der Waals surface area contributed by atoms with E-state index in [0.29, 0.717) is 24.9 Å². The van der Waals surface area contributed by atoms with Crippen LogP contribution in [0.5, 0.6) is 0 Å². The lowest BCUT2D eigenvalue weighted by Gasteiger charge is -2.21. The van der Waals surface area contributed by atoms with E-state index in [-0.39, 0.29) is 5.91 Å². The molecule has 0 aromatic heterocycles. The lowest BCUT2D eigenvalue weighted by molar-refractivity contribution is -0.131. The van der Waals surface area contributed by atoms with Gasteiger partial charge in [-0.05, 0) is 31.4 Å². The Kier molecular flexibility index (Phi) is 4.02. The maximum absolute atomic E-state index is 12.0. The summed E-state index contributed by atoms with van der Waals surface area (Å²) < 4.78 is 0. The van der Waals surface area contributed by atoms with Crippen LogP contribution in [0.3, 0.4) is 0 Å². The molecule has 0 aliphatic carbocycles. The second kappa shape index (κ2) is 5.53. The van der Waals surface area contributed by atoms with Gasteiger partial charge in [-0.15, -0.1) is 0 Å². The number of hydrogen-bond donors (Lipinski definition) is 1. The van der Waals surface area contributed by atoms with E-state index in [0.717, 1.165) is 13.0 Å². The predicted molar refractivity (Wildman–Crippen MR) is 73.4 cm³/mol. The normalized spacial score (nSPS) is 23.4. The van der Waals surface area contributed by atoms with Gasteiger partial charge in [0.2, 0.25) is 5.91 Å². The number of hydrogen-bond acceptors (Lipinski definition) is 2. The van der Waals surface area contributed by atoms with Crippen molar-refractivity contribution in [3.63, 3.8) is 0 Å². The highest BCUT2D eigenvalue weighted by Gasteiger charge is 2.33. The van der Waals surface area contributed by atoms with Gasteiger partial charge in [0.1, 0.15) is 0 Å². The fourth-order valence-electron chi connectivity index (χ4n) is 2.92. The number of carbonyl (C=O) groups is 1. The molecule has 1 amide bonds. The quantitative estimate of drug-likeness (QED) is 0.887. The van der Waals surface area contributed by atoms with Crippen LogP contribution in [-0.2, 0) is 4.79 Å². The summed E-state index contributed by atoms with van der Waals surface area (Å²) >= 11 is 0. The van der Waals surface area contributed by atoms with E-state index in [1.54, 1.807) is 0 Å². The summed E-state index contributed by atoms with van der Waals surface area (Å²) in [5.74, 6) is 0.670. The van der Waals surface area contributed by atoms with Gasteiger partial charge in [0.25, 0.3) is 0 Å². The molecule has 1 aliphatic rings. The Balaban J connectivity index is 2.11. The molecule has 1 saturated heterocycles. The van der Waals surface area contributed by atoms with Crippen molar-refractivity contribution in [1.82, 2.24) is 4.90 Å². The topological polar surface area (TPSA) is 46.3 Å². The summed E-state index contributed by atoms with van der Waals surface area (Å²) in [7, 11) is 0. The first-order valence-electron chi connectivity index (χ1n) is 6.68. The third-order valence-electron chi connectivity index (χ3n) is 3.88. The number of rotatable bonds is 3. The number of nitrogens with zero attached hydrogens (tertiary/aromatic N) is 1. The van der Waals surface area contributed by atoms with E-state index >= 15 is 0 Å². The second-order valence-corrected chi connectivity index (χ2v) is 5.22. The lowest BCUT2D eigenvalue weighted by Crippen LogP contribution is -2.35. The van der Waals surface area contributed by atoms with E-state index < -0.39 is 0 Å². The minimum absolute atomic E-state index is 0.195. The zero-order valence-electron chi connectivity index (χ0n) is 11.2. The van der Waals surface area contributed by atoms with Gasteiger partial charge in [0, 0.05) is 31.5 Å². The molecule has 0 spiro atoms. The van der Waals surface area contributed by atoms with E-state index in [2.05, 4.69) is 38.1 Å². The summed E-state index contributed by atoms with van der Waals surface area (Å²) in [6.07, 6.45) is 1.52. The molecule has 1 fully saturated rings. The van der Waals surface area contributed by atoms with Crippen LogP contribution in [0, 0.1) is 6.92 Å². The minimum atomic E-state index is 0.195. The van der Waals surface area contributed by atoms with E-state index in [1.165, 1.54) is 11.1 Å². The van der Waals surface area contributed by atoms with Crippen molar-refractivity contribution < 1.29 is 4.79 Å². The number of amides is 1. The lowest BCUT2D eigenvalue weighted by atomic mass is 9.93. The zero-order chi connectivity index (χ0) is 13.1. The fraction of sp³-hybridized carbons (Fsp3) is 0.533. The molecular weight excluding hydrogens is 224 g/mol. The van der Waals surface area contributed by atoms with Gasteiger partial charge in [-0.3, -0.25) is 4.79 Å². The molecule has 2 N–H and O–H groups in total. The Hall–Kier alpha value is -1.35. The zero-order valence-corrected chi connectivity index (χ0v) is 11.2. The van der Waals surface area contributed by atoms with Crippen molar-refractivity contribution in [2.45, 2.75) is 38.6 Å². The molecule has 3 nitrogen and oxygen atoms in total. The van der Waals surface area contributed by atoms with Crippen LogP contribution in [-0.4, -0.2) is 29.9 Å². The van der Waals surface area contributed by atoms with Crippen molar-refractivity contribution in [2.24, 2.45) is 5.73 Å². The number of nitrogens with two attached hydrogens (primary N) is 1. The predicted octanol–water partition coefficient (Wildman–Crippen LogP) is 2.05. The molecule has 0 bridgehead atoms. The van der Waals surface area contributed by atoms with Gasteiger partial charge in [-0.2, -0.15) is 0 Å². The molecule has 18 heavy (non-hydrogen) atoms. The van der Waals surface area contributed by atoms with Crippen molar-refractivity contribution in [3.05, 3.63) is 35.4 Å². The van der Waals surface area contributed by atoms with Crippen molar-refractivity contribution >= 4 is 5.91 Å². The van der Waals surface area contributed by atoms with Gasteiger partial charge in [0.05, 0.1) is 0 Å². The first-order chi connectivity index (χ1) is 8.63. The number of likely N-dealkylation sites (tertiary alicyclic amines) is 1. The summed E-state index contributed by atoms with van der Waals surface area (Å²) in [4.78, 5) is 14.0. The molecule has 0 unspecified atom stereocenters. The van der Waals surface area contributed by atoms with Crippen molar-refractivity contribution in [2.75, 3.05) is 13.1 Å². The molecule has 0 saturated carbocycles. The molecule has 98 valence electrons. The van der Waals surface area contributed by atoms with E-state index in [9.17, 15) is 4.79 Å². The third kappa shape index (κ3) is 2.56. The van der Waals surface area contributed by atoms with Gasteiger partial charge in [0.15, 0.2) is 0 Å². The summed E-state index contributed by atoms with van der Waals surface area (Å²) in [5.41, 5.74) is 8.17. The maximum atomic E-state index is 12.0. The molecule has 1 heterocycles. The Morgan fingerprint density at radius 3 is 2.83 bits per heavy atom. The fourth-order valence-corrected chi connectivity index (χ4v) is 2.92. The van der Waals surface area contributed by atoms with E-state index in [4.69, 9.17) is 5.73 Å². The van der Waals surface area contributed by atoms with Gasteiger partial charge >= 0.3 is 0 Å². The van der Waals surface area contributed by atoms with Gasteiger partial charge in [-0.1, -0.05) is 24.3 Å². The largest absolute Gasteiger partial charge is 0.339 e. The Bertz CT molecular complexity index is 430. The first kappa shape index (κ1) is 13.1. The molecule has 1 aromatic carbocycles. The number of carbonyl (C=O) groups excluding carboxylic acids is 1. The average molecular weight is 246 g/mol. The minimum Gasteiger partial charge on any atom is -0.339 e. The smallest absolute Gasteiger partial charge is 0.224 e. The monoisotopic (exact) mass is 246 g/mol. The summed E-state index contributed by atoms with van der Waals surface area (Å²) in [6, 6.07) is 8.80. The molecule has 2 rings (SSSR count). The molecule has 3 heteroatoms. The Labute approximate surface area is 109 Å². The molecule has 1 aromatic rings. The molecule has 1 aliphatic heterocycles. The maximum Gasteiger partial charge on any atom is 0.224 e. The SMILES string of the molecule is Cc1ccccc1[C@H]1C[C@H](C)N(C(=O)CCN)C1. The number of benzene rings is 1. The molecule has 0 radical (unpaired) electrons. The Morgan fingerprint density at radius 2 is 2.17 bits per heavy atom. The van der Waals surface area contributed by atoms with Crippen LogP contribution in [0.2, 0.25) is 0 Å². The van der Waals surface area contributed by atoms with Gasteiger partial charge in [-0.25, -0.2) is 0 Å². The van der Waals surface area contributed by atoms with Crippen LogP contribution in [0.15, 0.2) is 24.3 Å². The standard InChI is InChI=1S/C15H22N2O/c1-11-5-3-4-6-14(11)13-9-12(2)17(10-13)15(18)7-8-16/h3-6,12-13H,7-10,16H2,1-2H3/t12-,13-/m0/s1. The average Bonchev–Trinajstić information content (AvgIpc) is 2.72. The number of aryl methyl sites for hydroxylation is 1. The molecule has 2 atom stereocenters. The van der Waals surface area contributed by atoms with Crippen molar-refractivity contribution in [1.29, 1.82) is 0 Å². The van der Waals surface area contributed by atoms with Crippen molar-refractivity contribution in [3.8, 4) is 0 Å². The first-order valence-corrected chi connectivity index (χ1v) is 6.68. The summed E-state index contributed by atoms with van der Waals surface area (Å²) in [5, 5.41) is 0. The van der Waals surface area contributed by atoms with Crippen LogP contribution in [0.1, 0.15) is 36.8 Å². The van der Waals surface area contributed by atoms with Crippen LogP contribution < -0.4 is 5.73 Å². The second-order valence-electron chi connectivity index (χ2n) is 5.22. The Morgan fingerprint density at radius 1 is 1.44 bits per heavy atom. The van der Waals surface area contributed by atoms with Crippen LogP contribution >= 0.6 is 0 Å². The third-order valence-corrected chi connectivity index (χ3v) is 3.88. The molecular formula is C15H22N2O. The van der Waals surface area contributed by atoms with Crippen LogP contribution in [0.4, 0.5) is 0 Å². The van der Waals surface area contributed by atoms with Crippen LogP contribution in [0.25, 0.3) is 0 Å².